The van der Waals surface area contributed by atoms with Crippen LogP contribution in [0, 0.1) is 0 Å². The molecule has 14 heavy (non-hydrogen) atoms. The van der Waals surface area contributed by atoms with Crippen molar-refractivity contribution >= 4 is 34.7 Å². The van der Waals surface area contributed by atoms with Crippen molar-refractivity contribution in [3.63, 3.8) is 0 Å². The van der Waals surface area contributed by atoms with E-state index in [2.05, 4.69) is 20.4 Å². The third kappa shape index (κ3) is 2.68. The van der Waals surface area contributed by atoms with Gasteiger partial charge in [0.25, 0.3) is 0 Å². The fourth-order valence-electron chi connectivity index (χ4n) is 1.43. The van der Waals surface area contributed by atoms with E-state index >= 15 is 0 Å². The van der Waals surface area contributed by atoms with E-state index in [1.54, 1.807) is 0 Å². The number of hydrogen-bond acceptors (Lipinski definition) is 2. The van der Waals surface area contributed by atoms with Crippen LogP contribution in [0.1, 0.15) is 0 Å². The van der Waals surface area contributed by atoms with Crippen molar-refractivity contribution in [1.82, 2.24) is 20.4 Å². The first-order chi connectivity index (χ1) is 6.69. The maximum Gasteiger partial charge on any atom is 0.168 e. The molecule has 1 fully saturated rings. The third-order valence-electron chi connectivity index (χ3n) is 2.28. The number of piperazine rings is 1. The largest absolute Gasteiger partial charge is 0.366 e. The molecule has 6 heteroatoms. The highest BCUT2D eigenvalue weighted by Gasteiger charge is 2.18. The fourth-order valence-corrected chi connectivity index (χ4v) is 1.79. The maximum absolute atomic E-state index is 5.16. The summed E-state index contributed by atoms with van der Waals surface area (Å²) in [4.78, 5) is 4.31. The lowest BCUT2D eigenvalue weighted by molar-refractivity contribution is 0.256. The lowest BCUT2D eigenvalue weighted by atomic mass is 10.3. The Morgan fingerprint density at radius 2 is 1.14 bits per heavy atom. The van der Waals surface area contributed by atoms with E-state index in [9.17, 15) is 0 Å². The smallest absolute Gasteiger partial charge is 0.168 e. The van der Waals surface area contributed by atoms with Crippen molar-refractivity contribution in [2.75, 3.05) is 40.3 Å². The number of nitrogens with zero attached hydrogens (tertiary/aromatic N) is 2. The molecule has 1 saturated heterocycles. The van der Waals surface area contributed by atoms with Gasteiger partial charge in [0, 0.05) is 40.3 Å². The standard InChI is InChI=1S/C8H16N4S2/c1-9-7(13)11-3-5-12(6-4-11)8(14)10-2/h3-6H2,1-2H3,(H,9,13)(H,10,14). The van der Waals surface area contributed by atoms with Crippen LogP contribution in [0.3, 0.4) is 0 Å². The molecular weight excluding hydrogens is 216 g/mol. The van der Waals surface area contributed by atoms with Crippen LogP contribution < -0.4 is 10.6 Å². The van der Waals surface area contributed by atoms with Gasteiger partial charge >= 0.3 is 0 Å². The average molecular weight is 232 g/mol. The third-order valence-corrected chi connectivity index (χ3v) is 3.21. The number of rotatable bonds is 0. The highest BCUT2D eigenvalue weighted by molar-refractivity contribution is 7.80. The summed E-state index contributed by atoms with van der Waals surface area (Å²) in [6.07, 6.45) is 0. The summed E-state index contributed by atoms with van der Waals surface area (Å²) in [7, 11) is 3.71. The van der Waals surface area contributed by atoms with Gasteiger partial charge in [0.1, 0.15) is 0 Å². The Labute approximate surface area is 95.6 Å². The molecule has 0 amide bonds. The van der Waals surface area contributed by atoms with Gasteiger partial charge in [-0.3, -0.25) is 0 Å². The first-order valence-electron chi connectivity index (χ1n) is 4.62. The predicted molar refractivity (Wildman–Crippen MR) is 66.5 cm³/mol. The Morgan fingerprint density at radius 1 is 0.857 bits per heavy atom. The molecule has 1 aliphatic rings. The number of hydrogen-bond donors (Lipinski definition) is 2. The van der Waals surface area contributed by atoms with Crippen molar-refractivity contribution in [2.24, 2.45) is 0 Å². The first-order valence-corrected chi connectivity index (χ1v) is 5.44. The minimum atomic E-state index is 0.819. The zero-order valence-corrected chi connectivity index (χ0v) is 10.2. The van der Waals surface area contributed by atoms with Gasteiger partial charge in [-0.05, 0) is 24.4 Å². The number of thiocarbonyl (C=S) groups is 2. The highest BCUT2D eigenvalue weighted by atomic mass is 32.1. The lowest BCUT2D eigenvalue weighted by Crippen LogP contribution is -2.54. The molecule has 4 nitrogen and oxygen atoms in total. The average Bonchev–Trinajstić information content (AvgIpc) is 2.27. The minimum absolute atomic E-state index is 0.819. The molecule has 1 aliphatic heterocycles. The molecule has 0 aromatic carbocycles. The summed E-state index contributed by atoms with van der Waals surface area (Å²) >= 11 is 10.3. The van der Waals surface area contributed by atoms with Gasteiger partial charge in [0.15, 0.2) is 10.2 Å². The minimum Gasteiger partial charge on any atom is -0.366 e. The van der Waals surface area contributed by atoms with Gasteiger partial charge in [0.05, 0.1) is 0 Å². The Balaban J connectivity index is 2.38. The molecule has 0 aromatic rings. The zero-order chi connectivity index (χ0) is 10.6. The van der Waals surface area contributed by atoms with Crippen LogP contribution >= 0.6 is 24.4 Å². The van der Waals surface area contributed by atoms with E-state index in [-0.39, 0.29) is 0 Å². The normalized spacial score (nSPS) is 16.4. The summed E-state index contributed by atoms with van der Waals surface area (Å²) < 4.78 is 0. The van der Waals surface area contributed by atoms with E-state index < -0.39 is 0 Å². The SMILES string of the molecule is CNC(=S)N1CCN(C(=S)NC)CC1. The van der Waals surface area contributed by atoms with Crippen LogP contribution in [0.4, 0.5) is 0 Å². The molecular formula is C8H16N4S2. The zero-order valence-electron chi connectivity index (χ0n) is 8.54. The summed E-state index contributed by atoms with van der Waals surface area (Å²) in [6, 6.07) is 0. The van der Waals surface area contributed by atoms with Crippen LogP contribution in [0.25, 0.3) is 0 Å². The Hall–Kier alpha value is -0.620. The molecule has 2 N–H and O–H groups in total. The van der Waals surface area contributed by atoms with Crippen molar-refractivity contribution in [3.8, 4) is 0 Å². The van der Waals surface area contributed by atoms with Crippen LogP contribution in [-0.4, -0.2) is 60.3 Å². The molecule has 0 unspecified atom stereocenters. The molecule has 0 bridgehead atoms. The van der Waals surface area contributed by atoms with Crippen molar-refractivity contribution in [2.45, 2.75) is 0 Å². The molecule has 0 aromatic heterocycles. The van der Waals surface area contributed by atoms with Gasteiger partial charge < -0.3 is 20.4 Å². The van der Waals surface area contributed by atoms with Gasteiger partial charge in [-0.1, -0.05) is 0 Å². The molecule has 0 aliphatic carbocycles. The van der Waals surface area contributed by atoms with E-state index in [0.717, 1.165) is 36.4 Å². The second-order valence-corrected chi connectivity index (χ2v) is 3.86. The van der Waals surface area contributed by atoms with E-state index in [0.29, 0.717) is 0 Å². The van der Waals surface area contributed by atoms with Gasteiger partial charge in [0.2, 0.25) is 0 Å². The summed E-state index contributed by atoms with van der Waals surface area (Å²) in [5.74, 6) is 0. The van der Waals surface area contributed by atoms with Gasteiger partial charge in [-0.25, -0.2) is 0 Å². The molecule has 0 atom stereocenters. The van der Waals surface area contributed by atoms with Gasteiger partial charge in [-0.15, -0.1) is 0 Å². The Morgan fingerprint density at radius 3 is 1.36 bits per heavy atom. The van der Waals surface area contributed by atoms with Crippen LogP contribution in [0.15, 0.2) is 0 Å². The summed E-state index contributed by atoms with van der Waals surface area (Å²) in [5, 5.41) is 7.61. The Kier molecular flexibility index (Phi) is 4.34. The highest BCUT2D eigenvalue weighted by Crippen LogP contribution is 2.02. The van der Waals surface area contributed by atoms with E-state index in [1.165, 1.54) is 0 Å². The van der Waals surface area contributed by atoms with E-state index in [4.69, 9.17) is 24.4 Å². The van der Waals surface area contributed by atoms with Crippen molar-refractivity contribution < 1.29 is 0 Å². The summed E-state index contributed by atoms with van der Waals surface area (Å²) in [5.41, 5.74) is 0. The predicted octanol–water partition coefficient (Wildman–Crippen LogP) is -0.387. The molecule has 0 spiro atoms. The number of nitrogens with one attached hydrogen (secondary N) is 2. The monoisotopic (exact) mass is 232 g/mol. The second kappa shape index (κ2) is 5.31. The Bertz CT molecular complexity index is 199. The fraction of sp³-hybridized carbons (Fsp3) is 0.750. The molecule has 0 saturated carbocycles. The quantitative estimate of drug-likeness (QED) is 0.553. The van der Waals surface area contributed by atoms with Crippen LogP contribution in [0.2, 0.25) is 0 Å². The van der Waals surface area contributed by atoms with Crippen molar-refractivity contribution in [3.05, 3.63) is 0 Å². The molecule has 80 valence electrons. The van der Waals surface area contributed by atoms with Gasteiger partial charge in [-0.2, -0.15) is 0 Å². The molecule has 0 radical (unpaired) electrons. The lowest BCUT2D eigenvalue weighted by Gasteiger charge is -2.36. The van der Waals surface area contributed by atoms with Crippen LogP contribution in [-0.2, 0) is 0 Å². The second-order valence-electron chi connectivity index (χ2n) is 3.08. The van der Waals surface area contributed by atoms with Crippen molar-refractivity contribution in [1.29, 1.82) is 0 Å². The summed E-state index contributed by atoms with van der Waals surface area (Å²) in [6.45, 7) is 3.73. The van der Waals surface area contributed by atoms with E-state index in [1.807, 2.05) is 14.1 Å². The topological polar surface area (TPSA) is 30.5 Å². The van der Waals surface area contributed by atoms with Crippen LogP contribution in [0.5, 0.6) is 0 Å². The maximum atomic E-state index is 5.16. The first kappa shape index (κ1) is 11.5. The molecule has 1 rings (SSSR count). The molecule has 1 heterocycles.